The minimum Gasteiger partial charge on any atom is -0.340 e. The van der Waals surface area contributed by atoms with Crippen molar-refractivity contribution in [1.29, 1.82) is 0 Å². The van der Waals surface area contributed by atoms with E-state index in [1.165, 1.54) is 57.6 Å². The second-order valence-corrected chi connectivity index (χ2v) is 8.67. The smallest absolute Gasteiger partial charge is 0.260 e. The number of fused-ring (bicyclic) bond motifs is 1. The molecule has 7 nitrogen and oxygen atoms in total. The normalized spacial score (nSPS) is 19.9. The molecule has 0 aromatic carbocycles. The number of hydrogen-bond acceptors (Lipinski definition) is 5. The molecule has 0 radical (unpaired) electrons. The lowest BCUT2D eigenvalue weighted by Crippen LogP contribution is -2.52. The molecule has 1 aliphatic carbocycles. The van der Waals surface area contributed by atoms with Gasteiger partial charge in [-0.3, -0.25) is 19.5 Å². The van der Waals surface area contributed by atoms with E-state index in [0.29, 0.717) is 35.6 Å². The van der Waals surface area contributed by atoms with E-state index in [4.69, 9.17) is 0 Å². The van der Waals surface area contributed by atoms with Crippen LogP contribution in [0, 0.1) is 0 Å². The zero-order valence-electron chi connectivity index (χ0n) is 17.8. The quantitative estimate of drug-likeness (QED) is 0.837. The first kappa shape index (κ1) is 21.0. The Morgan fingerprint density at radius 1 is 1.03 bits per heavy atom. The number of rotatable bonds is 4. The van der Waals surface area contributed by atoms with Gasteiger partial charge in [0.1, 0.15) is 5.82 Å². The van der Waals surface area contributed by atoms with Crippen molar-refractivity contribution in [2.45, 2.75) is 70.3 Å². The van der Waals surface area contributed by atoms with E-state index in [0.717, 1.165) is 26.2 Å². The summed E-state index contributed by atoms with van der Waals surface area (Å²) in [7, 11) is 0. The van der Waals surface area contributed by atoms with Crippen LogP contribution in [0.3, 0.4) is 0 Å². The van der Waals surface area contributed by atoms with Gasteiger partial charge in [0.2, 0.25) is 5.91 Å². The zero-order chi connectivity index (χ0) is 20.8. The van der Waals surface area contributed by atoms with Crippen LogP contribution in [0.15, 0.2) is 23.3 Å². The summed E-state index contributed by atoms with van der Waals surface area (Å²) >= 11 is 0. The van der Waals surface area contributed by atoms with Gasteiger partial charge in [0.15, 0.2) is 0 Å². The summed E-state index contributed by atoms with van der Waals surface area (Å²) in [5, 5.41) is 0.480. The number of aryl methyl sites for hydroxylation is 1. The molecule has 0 atom stereocenters. The number of amides is 1. The minimum absolute atomic E-state index is 0.154. The van der Waals surface area contributed by atoms with Crippen LogP contribution in [0.5, 0.6) is 0 Å². The SMILES string of the molecule is O=C(CCc1nc2ccncc2c(=O)[nH]1)N1CCN(C2CCCCCCCC2)CC1. The van der Waals surface area contributed by atoms with Crippen molar-refractivity contribution in [3.63, 3.8) is 0 Å². The van der Waals surface area contributed by atoms with Gasteiger partial charge in [0.05, 0.1) is 10.9 Å². The first-order valence-corrected chi connectivity index (χ1v) is 11.6. The summed E-state index contributed by atoms with van der Waals surface area (Å²) in [6, 6.07) is 2.42. The highest BCUT2D eigenvalue weighted by molar-refractivity contribution is 5.77. The molecule has 2 fully saturated rings. The number of nitrogens with zero attached hydrogens (tertiary/aromatic N) is 4. The monoisotopic (exact) mass is 411 g/mol. The number of aromatic nitrogens is 3. The summed E-state index contributed by atoms with van der Waals surface area (Å²) in [5.74, 6) is 0.720. The summed E-state index contributed by atoms with van der Waals surface area (Å²) in [6.07, 6.45) is 14.8. The fraction of sp³-hybridized carbons (Fsp3) is 0.652. The third-order valence-electron chi connectivity index (χ3n) is 6.64. The number of piperazine rings is 1. The molecule has 2 aromatic heterocycles. The third kappa shape index (κ3) is 5.25. The zero-order valence-corrected chi connectivity index (χ0v) is 17.8. The van der Waals surface area contributed by atoms with E-state index >= 15 is 0 Å². The lowest BCUT2D eigenvalue weighted by Gasteiger charge is -2.39. The topological polar surface area (TPSA) is 82.2 Å². The average molecular weight is 412 g/mol. The van der Waals surface area contributed by atoms with Gasteiger partial charge >= 0.3 is 0 Å². The average Bonchev–Trinajstić information content (AvgIpc) is 2.92. The molecular formula is C23H33N5O2. The maximum absolute atomic E-state index is 12.7. The van der Waals surface area contributed by atoms with E-state index in [1.807, 2.05) is 4.90 Å². The Labute approximate surface area is 177 Å². The molecule has 1 saturated carbocycles. The van der Waals surface area contributed by atoms with Crippen LogP contribution in [0.2, 0.25) is 0 Å². The predicted octanol–water partition coefficient (Wildman–Crippen LogP) is 2.90. The van der Waals surface area contributed by atoms with Crippen molar-refractivity contribution in [3.8, 4) is 0 Å². The Bertz CT molecular complexity index is 894. The summed E-state index contributed by atoms with van der Waals surface area (Å²) in [6.45, 7) is 3.58. The van der Waals surface area contributed by atoms with E-state index < -0.39 is 0 Å². The largest absolute Gasteiger partial charge is 0.340 e. The molecule has 0 unspecified atom stereocenters. The van der Waals surface area contributed by atoms with Crippen LogP contribution in [-0.4, -0.2) is 62.9 Å². The predicted molar refractivity (Wildman–Crippen MR) is 117 cm³/mol. The third-order valence-corrected chi connectivity index (χ3v) is 6.64. The van der Waals surface area contributed by atoms with Gasteiger partial charge in [-0.25, -0.2) is 4.98 Å². The van der Waals surface area contributed by atoms with Gasteiger partial charge in [-0.15, -0.1) is 0 Å². The first-order chi connectivity index (χ1) is 14.7. The Balaban J connectivity index is 1.28. The van der Waals surface area contributed by atoms with Crippen molar-refractivity contribution in [3.05, 3.63) is 34.6 Å². The number of H-pyrrole nitrogens is 1. The van der Waals surface area contributed by atoms with Crippen LogP contribution in [0.1, 0.15) is 63.6 Å². The van der Waals surface area contributed by atoms with Crippen molar-refractivity contribution in [2.75, 3.05) is 26.2 Å². The summed E-state index contributed by atoms with van der Waals surface area (Å²) < 4.78 is 0. The molecule has 2 aromatic rings. The molecule has 162 valence electrons. The summed E-state index contributed by atoms with van der Waals surface area (Å²) in [4.78, 5) is 40.7. The molecule has 0 bridgehead atoms. The van der Waals surface area contributed by atoms with Crippen LogP contribution < -0.4 is 5.56 Å². The van der Waals surface area contributed by atoms with Crippen molar-refractivity contribution in [1.82, 2.24) is 24.8 Å². The minimum atomic E-state index is -0.195. The molecular weight excluding hydrogens is 378 g/mol. The number of aromatic amines is 1. The van der Waals surface area contributed by atoms with Gasteiger partial charge in [0, 0.05) is 57.5 Å². The van der Waals surface area contributed by atoms with Crippen molar-refractivity contribution in [2.24, 2.45) is 0 Å². The molecule has 1 saturated heterocycles. The maximum Gasteiger partial charge on any atom is 0.260 e. The Kier molecular flexibility index (Phi) is 7.10. The first-order valence-electron chi connectivity index (χ1n) is 11.6. The Morgan fingerprint density at radius 3 is 2.47 bits per heavy atom. The maximum atomic E-state index is 12.7. The van der Waals surface area contributed by atoms with E-state index in [2.05, 4.69) is 19.9 Å². The molecule has 30 heavy (non-hydrogen) atoms. The lowest BCUT2D eigenvalue weighted by molar-refractivity contribution is -0.133. The van der Waals surface area contributed by atoms with Gasteiger partial charge in [0.25, 0.3) is 5.56 Å². The van der Waals surface area contributed by atoms with Crippen LogP contribution in [-0.2, 0) is 11.2 Å². The molecule has 4 rings (SSSR count). The summed E-state index contributed by atoms with van der Waals surface area (Å²) in [5.41, 5.74) is 0.430. The molecule has 3 heterocycles. The molecule has 0 spiro atoms. The van der Waals surface area contributed by atoms with Gasteiger partial charge in [-0.1, -0.05) is 38.5 Å². The Hall–Kier alpha value is -2.28. The lowest BCUT2D eigenvalue weighted by atomic mass is 10.0. The Morgan fingerprint density at radius 2 is 1.73 bits per heavy atom. The van der Waals surface area contributed by atoms with Crippen molar-refractivity contribution >= 4 is 16.8 Å². The number of pyridine rings is 1. The van der Waals surface area contributed by atoms with E-state index in [9.17, 15) is 9.59 Å². The van der Waals surface area contributed by atoms with Gasteiger partial charge in [-0.05, 0) is 18.9 Å². The second kappa shape index (κ2) is 10.2. The number of carbonyl (C=O) groups is 1. The van der Waals surface area contributed by atoms with Gasteiger partial charge in [-0.2, -0.15) is 0 Å². The number of hydrogen-bond donors (Lipinski definition) is 1. The highest BCUT2D eigenvalue weighted by Gasteiger charge is 2.26. The van der Waals surface area contributed by atoms with E-state index in [-0.39, 0.29) is 11.5 Å². The number of carbonyl (C=O) groups excluding carboxylic acids is 1. The van der Waals surface area contributed by atoms with Crippen LogP contribution in [0.4, 0.5) is 0 Å². The van der Waals surface area contributed by atoms with Gasteiger partial charge < -0.3 is 9.88 Å². The fourth-order valence-electron chi connectivity index (χ4n) is 4.85. The van der Waals surface area contributed by atoms with Crippen LogP contribution in [0.25, 0.3) is 10.9 Å². The number of nitrogens with one attached hydrogen (secondary N) is 1. The highest BCUT2D eigenvalue weighted by Crippen LogP contribution is 2.22. The van der Waals surface area contributed by atoms with Crippen molar-refractivity contribution < 1.29 is 4.79 Å². The molecule has 2 aliphatic rings. The second-order valence-electron chi connectivity index (χ2n) is 8.67. The highest BCUT2D eigenvalue weighted by atomic mass is 16.2. The van der Waals surface area contributed by atoms with Crippen LogP contribution >= 0.6 is 0 Å². The molecule has 1 N–H and O–H groups in total. The standard InChI is InChI=1S/C23H33N5O2/c29-22(10-9-21-25-20-11-12-24-17-19(20)23(30)26-21)28-15-13-27(14-16-28)18-7-5-3-1-2-4-6-8-18/h11-12,17-18H,1-10,13-16H2,(H,25,26,30). The van der Waals surface area contributed by atoms with E-state index in [1.54, 1.807) is 12.3 Å². The molecule has 1 amide bonds. The fourth-order valence-corrected chi connectivity index (χ4v) is 4.85. The molecule has 7 heteroatoms. The molecule has 1 aliphatic heterocycles.